The van der Waals surface area contributed by atoms with Crippen molar-refractivity contribution in [1.82, 2.24) is 10.6 Å². The molecule has 1 saturated heterocycles. The van der Waals surface area contributed by atoms with Gasteiger partial charge in [-0.3, -0.25) is 33.6 Å². The predicted molar refractivity (Wildman–Crippen MR) is 302 cm³/mol. The van der Waals surface area contributed by atoms with Crippen molar-refractivity contribution in [2.45, 2.75) is 236 Å². The summed E-state index contributed by atoms with van der Waals surface area (Å²) in [5.74, 6) is -11.7. The fraction of sp³-hybridized carbons (Fsp3) is 0.788. The Balaban J connectivity index is 0.000000205. The van der Waals surface area contributed by atoms with E-state index in [0.717, 1.165) is 49.7 Å². The third-order valence-electron chi connectivity index (χ3n) is 25.4. The Bertz CT molecular complexity index is 2950. The maximum absolute atomic E-state index is 14.4. The summed E-state index contributed by atoms with van der Waals surface area (Å²) < 4.78 is 74.1. The van der Waals surface area contributed by atoms with Crippen LogP contribution in [-0.2, 0) is 33.5 Å². The van der Waals surface area contributed by atoms with Crippen molar-refractivity contribution in [1.29, 1.82) is 0 Å². The van der Waals surface area contributed by atoms with Gasteiger partial charge in [0.2, 0.25) is 5.70 Å². The molecule has 446 valence electrons. The number of carbonyl (C=O) groups excluding carboxylic acids is 6. The van der Waals surface area contributed by atoms with Crippen molar-refractivity contribution in [3.8, 4) is 0 Å². The molecule has 11 aliphatic rings. The molecule has 8 fully saturated rings. The number of halogens is 4. The highest BCUT2D eigenvalue weighted by Gasteiger charge is 2.85. The molecule has 10 aliphatic carbocycles. The van der Waals surface area contributed by atoms with E-state index in [-0.39, 0.29) is 80.6 Å². The quantitative estimate of drug-likeness (QED) is 0.162. The van der Waals surface area contributed by atoms with E-state index in [1.54, 1.807) is 12.2 Å². The topological polar surface area (TPSA) is 148 Å². The summed E-state index contributed by atoms with van der Waals surface area (Å²) in [6.07, 6.45) is 14.5. The minimum atomic E-state index is -3.50. The molecule has 11 nitrogen and oxygen atoms in total. The molecule has 11 rings (SSSR count). The smallest absolute Gasteiger partial charge is 0.345 e. The lowest BCUT2D eigenvalue weighted by atomic mass is 9.35. The Morgan fingerprint density at radius 3 is 1.48 bits per heavy atom. The van der Waals surface area contributed by atoms with Crippen LogP contribution in [0.15, 0.2) is 35.1 Å². The zero-order valence-corrected chi connectivity index (χ0v) is 51.1. The molecule has 7 saturated carbocycles. The van der Waals surface area contributed by atoms with Crippen molar-refractivity contribution in [2.75, 3.05) is 0 Å². The minimum absolute atomic E-state index is 0.00144. The number of ether oxygens (including phenoxy) is 1. The molecule has 2 N–H and O–H groups in total. The average molecular weight is 1130 g/mol. The number of ketones is 4. The van der Waals surface area contributed by atoms with Gasteiger partial charge in [-0.15, -0.1) is 0 Å². The first-order valence-electron chi connectivity index (χ1n) is 31.4. The van der Waals surface area contributed by atoms with Gasteiger partial charge in [0.15, 0.2) is 23.5 Å². The van der Waals surface area contributed by atoms with E-state index in [1.807, 2.05) is 19.9 Å². The number of rotatable bonds is 4. The van der Waals surface area contributed by atoms with E-state index >= 15 is 0 Å². The first kappa shape index (κ1) is 59.7. The lowest BCUT2D eigenvalue weighted by Crippen LogP contribution is -2.70. The van der Waals surface area contributed by atoms with Crippen LogP contribution in [0, 0.1) is 104 Å². The highest BCUT2D eigenvalue weighted by molar-refractivity contribution is 6.01. The van der Waals surface area contributed by atoms with Gasteiger partial charge in [-0.2, -0.15) is 17.6 Å². The normalized spacial score (nSPS) is 46.8. The molecule has 0 aromatic rings. The molecule has 15 heteroatoms. The fourth-order valence-electron chi connectivity index (χ4n) is 20.4. The number of fused-ring (bicyclic) bond motifs is 16. The fourth-order valence-corrected chi connectivity index (χ4v) is 20.4. The summed E-state index contributed by atoms with van der Waals surface area (Å²) in [5, 5.41) is 5.61. The molecule has 18 atom stereocenters. The average Bonchev–Trinajstić information content (AvgIpc) is 1.66. The van der Waals surface area contributed by atoms with Gasteiger partial charge >= 0.3 is 17.6 Å². The van der Waals surface area contributed by atoms with Crippen LogP contribution in [-0.4, -0.2) is 69.7 Å². The first-order chi connectivity index (χ1) is 38.2. The van der Waals surface area contributed by atoms with Crippen LogP contribution < -0.4 is 10.6 Å². The monoisotopic (exact) mass is 1130 g/mol. The first-order valence-corrected chi connectivity index (χ1v) is 29.4. The van der Waals surface area contributed by atoms with Crippen LogP contribution in [0.2, 0.25) is 0 Å². The predicted octanol–water partition coefficient (Wildman–Crippen LogP) is 13.9. The Hall–Kier alpha value is -4.50. The maximum Gasteiger partial charge on any atom is 0.424 e. The van der Waals surface area contributed by atoms with E-state index < -0.39 is 85.5 Å². The van der Waals surface area contributed by atoms with E-state index in [2.05, 4.69) is 89.6 Å². The number of allylic oxidation sites excluding steroid dienone is 5. The lowest BCUT2D eigenvalue weighted by Gasteiger charge is -2.68. The Labute approximate surface area is 482 Å². The molecule has 2 amide bonds. The summed E-state index contributed by atoms with van der Waals surface area (Å²) in [4.78, 5) is 87.5. The number of hydrogen-bond acceptors (Lipinski definition) is 7. The molecule has 0 bridgehead atoms. The summed E-state index contributed by atoms with van der Waals surface area (Å²) in [7, 11) is 2.50. The second-order valence-corrected chi connectivity index (χ2v) is 30.4. The van der Waals surface area contributed by atoms with E-state index in [0.29, 0.717) is 65.2 Å². The molecular weight excluding hydrogens is 1040 g/mol. The zero-order valence-electron chi connectivity index (χ0n) is 53.1. The number of alkyl halides is 4. The van der Waals surface area contributed by atoms with E-state index in [1.165, 1.54) is 14.8 Å². The van der Waals surface area contributed by atoms with Gasteiger partial charge in [0, 0.05) is 62.2 Å². The molecule has 0 spiro atoms. The Morgan fingerprint density at radius 1 is 0.630 bits per heavy atom. The van der Waals surface area contributed by atoms with Crippen molar-refractivity contribution in [2.24, 2.45) is 90.7 Å². The second kappa shape index (κ2) is 18.7. The van der Waals surface area contributed by atoms with Gasteiger partial charge in [-0.05, 0) is 158 Å². The van der Waals surface area contributed by atoms with Crippen LogP contribution in [0.1, 0.15) is 204 Å². The van der Waals surface area contributed by atoms with Crippen molar-refractivity contribution in [3.05, 3.63) is 57.9 Å². The third-order valence-corrected chi connectivity index (χ3v) is 25.4. The van der Waals surface area contributed by atoms with Crippen LogP contribution in [0.4, 0.5) is 17.6 Å². The number of carbonyl (C=O) groups is 6. The van der Waals surface area contributed by atoms with Gasteiger partial charge in [-0.1, -0.05) is 115 Å². The molecule has 0 aromatic carbocycles. The van der Waals surface area contributed by atoms with E-state index in [4.69, 9.17) is 20.6 Å². The molecule has 81 heavy (non-hydrogen) atoms. The van der Waals surface area contributed by atoms with Gasteiger partial charge in [0.1, 0.15) is 0 Å². The highest BCUT2D eigenvalue weighted by Crippen LogP contribution is 2.77. The van der Waals surface area contributed by atoms with Gasteiger partial charge in [0.25, 0.3) is 17.6 Å². The van der Waals surface area contributed by atoms with Gasteiger partial charge < -0.3 is 15.4 Å². The van der Waals surface area contributed by atoms with Crippen LogP contribution in [0.25, 0.3) is 9.69 Å². The Kier molecular flexibility index (Phi) is 13.8. The highest BCUT2D eigenvalue weighted by atomic mass is 19.3. The number of hydrogen-bond donors (Lipinski definition) is 2. The summed E-state index contributed by atoms with van der Waals surface area (Å²) in [5.41, 5.74) is -4.00. The van der Waals surface area contributed by atoms with Crippen LogP contribution >= 0.6 is 0 Å². The van der Waals surface area contributed by atoms with E-state index in [9.17, 15) is 46.3 Å². The number of amides is 2. The number of nitrogens with one attached hydrogen (secondary N) is 2. The number of epoxide rings is 1. The number of nitrogens with zero attached hydrogens (tertiary/aromatic N) is 2. The summed E-state index contributed by atoms with van der Waals surface area (Å²) in [6, 6.07) is 0. The summed E-state index contributed by atoms with van der Waals surface area (Å²) in [6.45, 7) is 42.3. The molecule has 1 aliphatic heterocycles. The van der Waals surface area contributed by atoms with Crippen molar-refractivity contribution >= 4 is 34.9 Å². The molecule has 0 unspecified atom stereocenters. The molecule has 0 radical (unpaired) electrons. The molecular formula is C66H92F4N4O7. The number of Topliss-reactive ketones (excluding diaryl/α,β-unsaturated/α-hetero) is 2. The summed E-state index contributed by atoms with van der Waals surface area (Å²) >= 11 is 0. The van der Waals surface area contributed by atoms with Gasteiger partial charge in [-0.25, -0.2) is 11.4 Å². The standard InChI is InChI=1S/C32H42F2N2O4.C32H42F2N2O3.2CH4/c1-17-18-9-10-27(4)21(29(18,6)24-32(35-8,40-24)23(17)38)15-20(37)22-19-16-26(2,3)11-13-31(19,14-12-28(22,27)5)36-25(39)30(7,33)34;1-18-19-9-10-29(5)23(28(19,4)17-21(35-8)25(18)38)15-22(37)24-20-16-27(2,3)11-13-32(20,14-12-30(24,29)6)36-26(39)31(7,33)34;;/h15,17-19,22,24H,9-14,16H2,1-7H3,(H,36,39);15,17-20,24H,9-14,16H2,1-7H3,(H,36,39);2*1H4/t17-,18-,19-,22-,24+,27+,28+,29-,31-,32-;18-,19-,20-,24-,28-,29+,30+,32-;;/m00../s1/i;;2*1T. The molecule has 1 heterocycles. The minimum Gasteiger partial charge on any atom is -0.345 e. The Morgan fingerprint density at radius 2 is 1.05 bits per heavy atom. The third kappa shape index (κ3) is 8.39. The lowest BCUT2D eigenvalue weighted by molar-refractivity contribution is -0.169. The second-order valence-electron chi connectivity index (χ2n) is 30.4. The maximum atomic E-state index is 14.4. The SMILES string of the molecule is [3H]C.[3H]C.[C-]#[N+]C1=C[C@]2(C)C3=CC(=O)[C@@H]4[C@@H]5CC(C)(C)CC[C@]5(NC(=O)C(C)(F)F)CC[C@@]4(C)[C@]3(C)CC[C@H]2[C@H](C)C1=O.[C-]#[N+][C@@]12O[C@@H]1[C@]1(C)C3=CC(=O)[C@@H]4[C@@H]5CC(C)(C)CC[C@]5(NC(=O)C(C)(F)F)CC[C@@]4(C)[C@]3(C)CC[C@H]1[C@H](C)C2=O. The van der Waals surface area contributed by atoms with Crippen molar-refractivity contribution < 1.29 is 53.8 Å². The van der Waals surface area contributed by atoms with Crippen molar-refractivity contribution in [3.63, 3.8) is 0 Å². The van der Waals surface area contributed by atoms with Crippen LogP contribution in [0.5, 0.6) is 0 Å². The van der Waals surface area contributed by atoms with Crippen LogP contribution in [0.3, 0.4) is 0 Å². The van der Waals surface area contributed by atoms with Gasteiger partial charge in [0.05, 0.1) is 6.57 Å². The molecule has 0 aromatic heterocycles. The largest absolute Gasteiger partial charge is 0.424 e. The zero-order chi connectivity index (χ0) is 62.4.